The van der Waals surface area contributed by atoms with E-state index in [2.05, 4.69) is 10.3 Å². The van der Waals surface area contributed by atoms with Gasteiger partial charge in [-0.1, -0.05) is 0 Å². The van der Waals surface area contributed by atoms with Crippen molar-refractivity contribution in [2.24, 2.45) is 0 Å². The van der Waals surface area contributed by atoms with Crippen molar-refractivity contribution in [3.63, 3.8) is 0 Å². The van der Waals surface area contributed by atoms with Crippen molar-refractivity contribution >= 4 is 11.6 Å². The third kappa shape index (κ3) is 3.18. The van der Waals surface area contributed by atoms with Crippen molar-refractivity contribution in [1.82, 2.24) is 9.88 Å². The Morgan fingerprint density at radius 2 is 2.41 bits per heavy atom. The summed E-state index contributed by atoms with van der Waals surface area (Å²) in [5.41, 5.74) is 1.29. The van der Waals surface area contributed by atoms with Gasteiger partial charge in [0.15, 0.2) is 0 Å². The van der Waals surface area contributed by atoms with Crippen LogP contribution in [0.15, 0.2) is 18.5 Å². The van der Waals surface area contributed by atoms with E-state index < -0.39 is 0 Å². The quantitative estimate of drug-likeness (QED) is 0.835. The second-order valence-electron chi connectivity index (χ2n) is 3.46. The van der Waals surface area contributed by atoms with Gasteiger partial charge in [-0.15, -0.1) is 0 Å². The number of hydrogen-bond donors (Lipinski definition) is 1. The van der Waals surface area contributed by atoms with E-state index in [1.54, 1.807) is 30.4 Å². The summed E-state index contributed by atoms with van der Waals surface area (Å²) < 4.78 is 0. The molecule has 90 valence electrons. The van der Waals surface area contributed by atoms with E-state index in [4.69, 9.17) is 5.26 Å². The Hall–Kier alpha value is -2.09. The molecule has 1 amide bonds. The lowest BCUT2D eigenvalue weighted by atomic mass is 10.2. The first kappa shape index (κ1) is 13.0. The molecule has 0 aromatic carbocycles. The van der Waals surface area contributed by atoms with Gasteiger partial charge in [0.25, 0.3) is 5.91 Å². The SMILES string of the molecule is CCN(CCC#N)C(=O)c1cnccc1NC. The van der Waals surface area contributed by atoms with Gasteiger partial charge >= 0.3 is 0 Å². The summed E-state index contributed by atoms with van der Waals surface area (Å²) in [4.78, 5) is 17.8. The zero-order chi connectivity index (χ0) is 12.7. The first-order valence-electron chi connectivity index (χ1n) is 5.52. The Morgan fingerprint density at radius 1 is 1.65 bits per heavy atom. The number of carbonyl (C=O) groups is 1. The Morgan fingerprint density at radius 3 is 3.00 bits per heavy atom. The van der Waals surface area contributed by atoms with Crippen LogP contribution in [0.3, 0.4) is 0 Å². The smallest absolute Gasteiger partial charge is 0.257 e. The average molecular weight is 232 g/mol. The van der Waals surface area contributed by atoms with E-state index in [9.17, 15) is 4.79 Å². The normalized spacial score (nSPS) is 9.47. The zero-order valence-corrected chi connectivity index (χ0v) is 10.1. The van der Waals surface area contributed by atoms with E-state index in [1.165, 1.54) is 0 Å². The standard InChI is InChI=1S/C12H16N4O/c1-3-16(8-4-6-13)12(17)10-9-15-7-5-11(10)14-2/h5,7,9H,3-4,8H2,1-2H3,(H,14,15). The molecule has 0 aliphatic carbocycles. The van der Waals surface area contributed by atoms with Crippen LogP contribution in [-0.4, -0.2) is 35.9 Å². The number of hydrogen-bond acceptors (Lipinski definition) is 4. The van der Waals surface area contributed by atoms with Gasteiger partial charge in [-0.05, 0) is 13.0 Å². The summed E-state index contributed by atoms with van der Waals surface area (Å²) in [5.74, 6) is -0.0970. The fourth-order valence-corrected chi connectivity index (χ4v) is 1.54. The molecule has 5 heteroatoms. The lowest BCUT2D eigenvalue weighted by Crippen LogP contribution is -2.32. The number of aromatic nitrogens is 1. The van der Waals surface area contributed by atoms with Crippen LogP contribution in [0.5, 0.6) is 0 Å². The molecule has 0 aliphatic heterocycles. The maximum atomic E-state index is 12.2. The molecule has 0 spiro atoms. The predicted octanol–water partition coefficient (Wildman–Crippen LogP) is 1.50. The van der Waals surface area contributed by atoms with Gasteiger partial charge in [0.1, 0.15) is 0 Å². The van der Waals surface area contributed by atoms with E-state index in [1.807, 2.05) is 13.0 Å². The number of nitrogens with zero attached hydrogens (tertiary/aromatic N) is 3. The highest BCUT2D eigenvalue weighted by Gasteiger charge is 2.16. The highest BCUT2D eigenvalue weighted by Crippen LogP contribution is 2.15. The molecule has 0 unspecified atom stereocenters. The number of nitrogens with one attached hydrogen (secondary N) is 1. The van der Waals surface area contributed by atoms with Crippen molar-refractivity contribution in [2.45, 2.75) is 13.3 Å². The number of amides is 1. The molecule has 17 heavy (non-hydrogen) atoms. The largest absolute Gasteiger partial charge is 0.387 e. The van der Waals surface area contributed by atoms with Gasteiger partial charge in [-0.2, -0.15) is 5.26 Å². The zero-order valence-electron chi connectivity index (χ0n) is 10.1. The molecule has 1 rings (SSSR count). The minimum Gasteiger partial charge on any atom is -0.387 e. The van der Waals surface area contributed by atoms with Gasteiger partial charge in [0.05, 0.1) is 18.1 Å². The van der Waals surface area contributed by atoms with Crippen molar-refractivity contribution in [1.29, 1.82) is 5.26 Å². The third-order valence-corrected chi connectivity index (χ3v) is 2.48. The molecule has 0 saturated heterocycles. The Balaban J connectivity index is 2.90. The first-order chi connectivity index (χ1) is 8.24. The number of pyridine rings is 1. The van der Waals surface area contributed by atoms with Crippen LogP contribution in [-0.2, 0) is 0 Å². The van der Waals surface area contributed by atoms with Gasteiger partial charge < -0.3 is 10.2 Å². The molecule has 0 bridgehead atoms. The summed E-state index contributed by atoms with van der Waals surface area (Å²) in [7, 11) is 1.76. The van der Waals surface area contributed by atoms with Crippen LogP contribution in [0, 0.1) is 11.3 Å². The minimum atomic E-state index is -0.0970. The van der Waals surface area contributed by atoms with Gasteiger partial charge in [-0.25, -0.2) is 0 Å². The molecular weight excluding hydrogens is 216 g/mol. The van der Waals surface area contributed by atoms with E-state index >= 15 is 0 Å². The highest BCUT2D eigenvalue weighted by atomic mass is 16.2. The van der Waals surface area contributed by atoms with Crippen molar-refractivity contribution < 1.29 is 4.79 Å². The van der Waals surface area contributed by atoms with Crippen LogP contribution < -0.4 is 5.32 Å². The number of carbonyl (C=O) groups excluding carboxylic acids is 1. The molecule has 0 fully saturated rings. The van der Waals surface area contributed by atoms with Crippen LogP contribution in [0.4, 0.5) is 5.69 Å². The highest BCUT2D eigenvalue weighted by molar-refractivity contribution is 5.99. The Bertz CT molecular complexity index is 425. The molecule has 1 aromatic heterocycles. The van der Waals surface area contributed by atoms with E-state index in [0.717, 1.165) is 5.69 Å². The van der Waals surface area contributed by atoms with Crippen LogP contribution >= 0.6 is 0 Å². The summed E-state index contributed by atoms with van der Waals surface area (Å²) in [6, 6.07) is 3.80. The van der Waals surface area contributed by atoms with Gasteiger partial charge in [0, 0.05) is 38.2 Å². The molecule has 5 nitrogen and oxygen atoms in total. The molecular formula is C12H16N4O. The van der Waals surface area contributed by atoms with E-state index in [-0.39, 0.29) is 5.91 Å². The Kier molecular flexibility index (Phi) is 4.95. The van der Waals surface area contributed by atoms with Crippen molar-refractivity contribution in [2.75, 3.05) is 25.5 Å². The number of anilines is 1. The molecule has 0 aliphatic rings. The summed E-state index contributed by atoms with van der Waals surface area (Å²) in [6.45, 7) is 2.92. The first-order valence-corrected chi connectivity index (χ1v) is 5.52. The number of rotatable bonds is 5. The fraction of sp³-hybridized carbons (Fsp3) is 0.417. The lowest BCUT2D eigenvalue weighted by molar-refractivity contribution is 0.0768. The van der Waals surface area contributed by atoms with Gasteiger partial charge in [-0.3, -0.25) is 9.78 Å². The molecule has 0 radical (unpaired) electrons. The summed E-state index contributed by atoms with van der Waals surface area (Å²) >= 11 is 0. The predicted molar refractivity (Wildman–Crippen MR) is 65.6 cm³/mol. The van der Waals surface area contributed by atoms with Crippen molar-refractivity contribution in [3.8, 4) is 6.07 Å². The minimum absolute atomic E-state index is 0.0970. The molecule has 1 heterocycles. The monoisotopic (exact) mass is 232 g/mol. The maximum absolute atomic E-state index is 12.2. The summed E-state index contributed by atoms with van der Waals surface area (Å²) in [5, 5.41) is 11.5. The molecule has 1 N–H and O–H groups in total. The van der Waals surface area contributed by atoms with Crippen LogP contribution in [0.25, 0.3) is 0 Å². The third-order valence-electron chi connectivity index (χ3n) is 2.48. The molecule has 0 saturated carbocycles. The number of nitriles is 1. The second-order valence-corrected chi connectivity index (χ2v) is 3.46. The summed E-state index contributed by atoms with van der Waals surface area (Å²) in [6.07, 6.45) is 3.52. The molecule has 1 aromatic rings. The maximum Gasteiger partial charge on any atom is 0.257 e. The van der Waals surface area contributed by atoms with Crippen LogP contribution in [0.1, 0.15) is 23.7 Å². The van der Waals surface area contributed by atoms with Gasteiger partial charge in [0.2, 0.25) is 0 Å². The average Bonchev–Trinajstić information content (AvgIpc) is 2.39. The van der Waals surface area contributed by atoms with Crippen LogP contribution in [0.2, 0.25) is 0 Å². The Labute approximate surface area is 101 Å². The topological polar surface area (TPSA) is 69.0 Å². The van der Waals surface area contributed by atoms with Crippen molar-refractivity contribution in [3.05, 3.63) is 24.0 Å². The van der Waals surface area contributed by atoms with E-state index in [0.29, 0.717) is 25.1 Å². The second kappa shape index (κ2) is 6.48. The lowest BCUT2D eigenvalue weighted by Gasteiger charge is -2.20. The molecule has 0 atom stereocenters. The fourth-order valence-electron chi connectivity index (χ4n) is 1.54.